The van der Waals surface area contributed by atoms with E-state index in [1.54, 1.807) is 12.1 Å². The quantitative estimate of drug-likeness (QED) is 0.635. The summed E-state index contributed by atoms with van der Waals surface area (Å²) in [6.07, 6.45) is 2.00. The first-order valence-corrected chi connectivity index (χ1v) is 7.49. The molecule has 0 N–H and O–H groups in total. The smallest absolute Gasteiger partial charge is 0.183 e. The first kappa shape index (κ1) is 14.9. The van der Waals surface area contributed by atoms with Crippen molar-refractivity contribution >= 4 is 17.2 Å². The highest BCUT2D eigenvalue weighted by Crippen LogP contribution is 2.30. The Bertz CT molecular complexity index is 928. The predicted octanol–water partition coefficient (Wildman–Crippen LogP) is 5.05. The lowest BCUT2D eigenvalue weighted by atomic mass is 10.1. The fourth-order valence-corrected chi connectivity index (χ4v) is 2.40. The molecule has 2 heterocycles. The first-order chi connectivity index (χ1) is 11.1. The van der Waals surface area contributed by atoms with Crippen molar-refractivity contribution in [3.8, 4) is 6.07 Å². The molecular weight excluding hydrogens is 286 g/mol. The van der Waals surface area contributed by atoms with E-state index in [4.69, 9.17) is 5.26 Å². The minimum absolute atomic E-state index is 0.232. The van der Waals surface area contributed by atoms with E-state index in [0.29, 0.717) is 17.1 Å². The van der Waals surface area contributed by atoms with Crippen molar-refractivity contribution in [2.45, 2.75) is 26.7 Å². The van der Waals surface area contributed by atoms with Crippen LogP contribution in [-0.2, 0) is 0 Å². The van der Waals surface area contributed by atoms with Crippen LogP contribution in [0.15, 0.2) is 52.8 Å². The predicted molar refractivity (Wildman–Crippen MR) is 89.4 cm³/mol. The second kappa shape index (κ2) is 6.01. The number of azo groups is 1. The molecule has 0 aliphatic heterocycles. The molecule has 0 amide bonds. The van der Waals surface area contributed by atoms with Gasteiger partial charge in [0, 0.05) is 6.20 Å². The van der Waals surface area contributed by atoms with Gasteiger partial charge >= 0.3 is 0 Å². The van der Waals surface area contributed by atoms with Gasteiger partial charge in [0.2, 0.25) is 0 Å². The standard InChI is InChI=1S/C18H17N5/c1-12(2)17-18(23-11-13(3)8-9-16(23)20-17)22-21-15-7-5-4-6-14(15)10-19/h4-9,11-12H,1-3H3. The van der Waals surface area contributed by atoms with E-state index in [1.807, 2.05) is 41.8 Å². The summed E-state index contributed by atoms with van der Waals surface area (Å²) in [5.41, 5.74) is 3.94. The SMILES string of the molecule is Cc1ccc2nc(C(C)C)c(N=Nc3ccccc3C#N)n2c1. The molecule has 0 saturated heterocycles. The summed E-state index contributed by atoms with van der Waals surface area (Å²) in [4.78, 5) is 4.65. The van der Waals surface area contributed by atoms with Crippen molar-refractivity contribution in [2.75, 3.05) is 0 Å². The zero-order chi connectivity index (χ0) is 16.4. The molecule has 0 spiro atoms. The highest BCUT2D eigenvalue weighted by molar-refractivity contribution is 5.55. The summed E-state index contributed by atoms with van der Waals surface area (Å²) >= 11 is 0. The third-order valence-corrected chi connectivity index (χ3v) is 3.59. The largest absolute Gasteiger partial charge is 0.283 e. The lowest BCUT2D eigenvalue weighted by Crippen LogP contribution is -1.88. The summed E-state index contributed by atoms with van der Waals surface area (Å²) < 4.78 is 1.95. The molecule has 0 fully saturated rings. The highest BCUT2D eigenvalue weighted by atomic mass is 15.2. The molecule has 0 aliphatic carbocycles. The fraction of sp³-hybridized carbons (Fsp3) is 0.222. The van der Waals surface area contributed by atoms with Gasteiger partial charge in [-0.1, -0.05) is 32.0 Å². The Balaban J connectivity index is 2.15. The molecule has 23 heavy (non-hydrogen) atoms. The molecule has 2 aromatic heterocycles. The fourth-order valence-electron chi connectivity index (χ4n) is 2.40. The van der Waals surface area contributed by atoms with Crippen LogP contribution in [0, 0.1) is 18.3 Å². The second-order valence-corrected chi connectivity index (χ2v) is 5.74. The Kier molecular flexibility index (Phi) is 3.90. The lowest BCUT2D eigenvalue weighted by Gasteiger charge is -2.02. The molecule has 1 aromatic carbocycles. The lowest BCUT2D eigenvalue weighted by molar-refractivity contribution is 0.831. The minimum atomic E-state index is 0.232. The number of aromatic nitrogens is 2. The number of hydrogen-bond donors (Lipinski definition) is 0. The number of imidazole rings is 1. The van der Waals surface area contributed by atoms with E-state index in [9.17, 15) is 0 Å². The maximum Gasteiger partial charge on any atom is 0.183 e. The maximum atomic E-state index is 9.16. The number of fused-ring (bicyclic) bond motifs is 1. The normalized spacial score (nSPS) is 11.4. The molecule has 5 nitrogen and oxygen atoms in total. The van der Waals surface area contributed by atoms with Gasteiger partial charge in [0.05, 0.1) is 11.3 Å². The maximum absolute atomic E-state index is 9.16. The minimum Gasteiger partial charge on any atom is -0.283 e. The van der Waals surface area contributed by atoms with Crippen molar-refractivity contribution in [1.82, 2.24) is 9.38 Å². The van der Waals surface area contributed by atoms with Gasteiger partial charge in [-0.2, -0.15) is 5.26 Å². The molecule has 114 valence electrons. The Hall–Kier alpha value is -3.00. The number of nitriles is 1. The third kappa shape index (κ3) is 2.84. The van der Waals surface area contributed by atoms with Gasteiger partial charge in [-0.3, -0.25) is 4.40 Å². The van der Waals surface area contributed by atoms with Crippen LogP contribution in [-0.4, -0.2) is 9.38 Å². The average molecular weight is 303 g/mol. The summed E-state index contributed by atoms with van der Waals surface area (Å²) in [5, 5.41) is 17.9. The van der Waals surface area contributed by atoms with Crippen molar-refractivity contribution in [3.63, 3.8) is 0 Å². The van der Waals surface area contributed by atoms with Crippen LogP contribution in [0.3, 0.4) is 0 Å². The Labute approximate surface area is 134 Å². The monoisotopic (exact) mass is 303 g/mol. The molecule has 3 aromatic rings. The molecule has 0 aliphatic rings. The zero-order valence-electron chi connectivity index (χ0n) is 13.4. The number of pyridine rings is 1. The summed E-state index contributed by atoms with van der Waals surface area (Å²) in [6.45, 7) is 6.19. The van der Waals surface area contributed by atoms with Gasteiger partial charge in [0.1, 0.15) is 17.4 Å². The van der Waals surface area contributed by atoms with E-state index in [-0.39, 0.29) is 5.92 Å². The topological polar surface area (TPSA) is 65.8 Å². The summed E-state index contributed by atoms with van der Waals surface area (Å²) in [6, 6.07) is 13.3. The van der Waals surface area contributed by atoms with Gasteiger partial charge in [-0.05, 0) is 36.6 Å². The van der Waals surface area contributed by atoms with E-state index in [2.05, 4.69) is 35.1 Å². The van der Waals surface area contributed by atoms with E-state index in [1.165, 1.54) is 0 Å². The zero-order valence-corrected chi connectivity index (χ0v) is 13.4. The number of nitrogens with zero attached hydrogens (tertiary/aromatic N) is 5. The van der Waals surface area contributed by atoms with Gasteiger partial charge in [-0.25, -0.2) is 4.98 Å². The summed E-state index contributed by atoms with van der Waals surface area (Å²) in [5.74, 6) is 0.946. The van der Waals surface area contributed by atoms with Crippen LogP contribution < -0.4 is 0 Å². The van der Waals surface area contributed by atoms with Gasteiger partial charge < -0.3 is 0 Å². The first-order valence-electron chi connectivity index (χ1n) is 7.49. The number of benzene rings is 1. The van der Waals surface area contributed by atoms with Crippen molar-refractivity contribution < 1.29 is 0 Å². The van der Waals surface area contributed by atoms with Crippen LogP contribution >= 0.6 is 0 Å². The molecule has 0 bridgehead atoms. The van der Waals surface area contributed by atoms with E-state index >= 15 is 0 Å². The molecular formula is C18H17N5. The summed E-state index contributed by atoms with van der Waals surface area (Å²) in [7, 11) is 0. The molecule has 0 saturated carbocycles. The molecule has 0 unspecified atom stereocenters. The van der Waals surface area contributed by atoms with Crippen LogP contribution in [0.25, 0.3) is 5.65 Å². The van der Waals surface area contributed by atoms with E-state index < -0.39 is 0 Å². The second-order valence-electron chi connectivity index (χ2n) is 5.74. The van der Waals surface area contributed by atoms with Crippen molar-refractivity contribution in [3.05, 3.63) is 59.4 Å². The molecule has 0 radical (unpaired) electrons. The number of rotatable bonds is 3. The van der Waals surface area contributed by atoms with Crippen LogP contribution in [0.5, 0.6) is 0 Å². The third-order valence-electron chi connectivity index (χ3n) is 3.59. The van der Waals surface area contributed by atoms with Crippen LogP contribution in [0.1, 0.15) is 36.6 Å². The van der Waals surface area contributed by atoms with Crippen LogP contribution in [0.4, 0.5) is 11.5 Å². The Morgan fingerprint density at radius 3 is 2.65 bits per heavy atom. The van der Waals surface area contributed by atoms with Crippen molar-refractivity contribution in [1.29, 1.82) is 5.26 Å². The molecule has 0 atom stereocenters. The number of hydrogen-bond acceptors (Lipinski definition) is 4. The molecule has 5 heteroatoms. The highest BCUT2D eigenvalue weighted by Gasteiger charge is 2.15. The van der Waals surface area contributed by atoms with Gasteiger partial charge in [0.25, 0.3) is 0 Å². The number of aryl methyl sites for hydroxylation is 1. The van der Waals surface area contributed by atoms with E-state index in [0.717, 1.165) is 16.9 Å². The van der Waals surface area contributed by atoms with Crippen LogP contribution in [0.2, 0.25) is 0 Å². The van der Waals surface area contributed by atoms with Crippen molar-refractivity contribution in [2.24, 2.45) is 10.2 Å². The Morgan fingerprint density at radius 1 is 1.13 bits per heavy atom. The van der Waals surface area contributed by atoms with Gasteiger partial charge in [0.15, 0.2) is 5.82 Å². The molecule has 3 rings (SSSR count). The van der Waals surface area contributed by atoms with Gasteiger partial charge in [-0.15, -0.1) is 10.2 Å². The average Bonchev–Trinajstić information content (AvgIpc) is 2.91. The Morgan fingerprint density at radius 2 is 1.91 bits per heavy atom.